The van der Waals surface area contributed by atoms with Gasteiger partial charge in [-0.2, -0.15) is 0 Å². The Hall–Kier alpha value is -2.94. The maximum Gasteiger partial charge on any atom is 0.353 e. The molecule has 0 bridgehead atoms. The molecule has 0 atom stereocenters. The number of hydrogen-bond acceptors (Lipinski definition) is 8. The predicted octanol–water partition coefficient (Wildman–Crippen LogP) is 4.05. The van der Waals surface area contributed by atoms with Gasteiger partial charge in [0, 0.05) is 49.0 Å². The SMILES string of the molecule is Cc1cccc(N2CCN(c3ncnc(NC4CC(C)(C)NC(C)(C)C4)c3[N+](=O)[O-])CC2)c1C. The lowest BCUT2D eigenvalue weighted by atomic mass is 9.79. The fourth-order valence-corrected chi connectivity index (χ4v) is 5.73. The molecule has 1 aromatic carbocycles. The minimum Gasteiger partial charge on any atom is -0.368 e. The maximum atomic E-state index is 12.2. The largest absolute Gasteiger partial charge is 0.368 e. The van der Waals surface area contributed by atoms with Crippen LogP contribution in [0.15, 0.2) is 24.5 Å². The molecule has 9 heteroatoms. The van der Waals surface area contributed by atoms with E-state index >= 15 is 0 Å². The standard InChI is InChI=1S/C25H37N7O2/c1-17-8-7-9-20(18(17)2)30-10-12-31(13-11-30)23-21(32(33)34)22(26-16-27-23)28-19-14-24(3,4)29-25(5,6)15-19/h7-9,16,19,29H,10-15H2,1-6H3,(H,26,27,28). The second-order valence-electron chi connectivity index (χ2n) is 11.0. The quantitative estimate of drug-likeness (QED) is 0.502. The van der Waals surface area contributed by atoms with Crippen LogP contribution in [0, 0.1) is 24.0 Å². The van der Waals surface area contributed by atoms with Crippen molar-refractivity contribution in [3.05, 3.63) is 45.8 Å². The summed E-state index contributed by atoms with van der Waals surface area (Å²) in [6.45, 7) is 15.8. The average Bonchev–Trinajstić information content (AvgIpc) is 2.73. The van der Waals surface area contributed by atoms with Gasteiger partial charge in [-0.05, 0) is 71.6 Å². The number of benzene rings is 1. The van der Waals surface area contributed by atoms with Crippen LogP contribution < -0.4 is 20.4 Å². The smallest absolute Gasteiger partial charge is 0.353 e. The summed E-state index contributed by atoms with van der Waals surface area (Å²) in [5.41, 5.74) is 3.60. The summed E-state index contributed by atoms with van der Waals surface area (Å²) >= 11 is 0. The normalized spacial score (nSPS) is 20.3. The van der Waals surface area contributed by atoms with Crippen molar-refractivity contribution in [1.29, 1.82) is 0 Å². The van der Waals surface area contributed by atoms with Gasteiger partial charge in [-0.3, -0.25) is 10.1 Å². The first kappa shape index (κ1) is 24.2. The monoisotopic (exact) mass is 467 g/mol. The van der Waals surface area contributed by atoms with E-state index < -0.39 is 0 Å². The Balaban J connectivity index is 1.54. The molecule has 2 N–H and O–H groups in total. The molecule has 34 heavy (non-hydrogen) atoms. The first-order chi connectivity index (χ1) is 16.0. The molecule has 2 aliphatic heterocycles. The summed E-state index contributed by atoms with van der Waals surface area (Å²) in [5, 5.41) is 19.2. The number of nitrogens with one attached hydrogen (secondary N) is 2. The van der Waals surface area contributed by atoms with Gasteiger partial charge in [-0.25, -0.2) is 9.97 Å². The molecule has 0 spiro atoms. The van der Waals surface area contributed by atoms with Crippen molar-refractivity contribution in [2.45, 2.75) is 71.5 Å². The number of aromatic nitrogens is 2. The zero-order valence-corrected chi connectivity index (χ0v) is 21.2. The van der Waals surface area contributed by atoms with E-state index in [1.54, 1.807) is 0 Å². The highest BCUT2D eigenvalue weighted by atomic mass is 16.6. The van der Waals surface area contributed by atoms with Crippen molar-refractivity contribution >= 4 is 23.0 Å². The lowest BCUT2D eigenvalue weighted by Gasteiger charge is -2.46. The van der Waals surface area contributed by atoms with E-state index in [0.29, 0.717) is 24.7 Å². The van der Waals surface area contributed by atoms with Gasteiger partial charge < -0.3 is 20.4 Å². The molecule has 184 valence electrons. The lowest BCUT2D eigenvalue weighted by Crippen LogP contribution is -2.60. The highest BCUT2D eigenvalue weighted by molar-refractivity contribution is 5.71. The predicted molar refractivity (Wildman–Crippen MR) is 137 cm³/mol. The molecule has 2 aromatic rings. The first-order valence-electron chi connectivity index (χ1n) is 12.1. The van der Waals surface area contributed by atoms with E-state index in [9.17, 15) is 10.1 Å². The third-order valence-electron chi connectivity index (χ3n) is 7.01. The molecule has 2 fully saturated rings. The van der Waals surface area contributed by atoms with Crippen LogP contribution in [0.2, 0.25) is 0 Å². The zero-order valence-electron chi connectivity index (χ0n) is 21.2. The number of aryl methyl sites for hydroxylation is 1. The third kappa shape index (κ3) is 5.09. The van der Waals surface area contributed by atoms with E-state index in [1.807, 2.05) is 4.90 Å². The number of hydrogen-bond donors (Lipinski definition) is 2. The number of piperazine rings is 1. The Labute approximate surface area is 202 Å². The zero-order chi connectivity index (χ0) is 24.7. The van der Waals surface area contributed by atoms with Crippen molar-refractivity contribution in [1.82, 2.24) is 15.3 Å². The Bertz CT molecular complexity index is 1050. The Kier molecular flexibility index (Phi) is 6.42. The Morgan fingerprint density at radius 3 is 2.26 bits per heavy atom. The van der Waals surface area contributed by atoms with Crippen molar-refractivity contribution in [2.24, 2.45) is 0 Å². The fourth-order valence-electron chi connectivity index (χ4n) is 5.73. The topological polar surface area (TPSA) is 99.5 Å². The van der Waals surface area contributed by atoms with Crippen LogP contribution in [0.5, 0.6) is 0 Å². The van der Waals surface area contributed by atoms with E-state index in [1.165, 1.54) is 23.1 Å². The van der Waals surface area contributed by atoms with Gasteiger partial charge in [0.1, 0.15) is 6.33 Å². The molecule has 0 amide bonds. The third-order valence-corrected chi connectivity index (χ3v) is 7.01. The molecule has 3 heterocycles. The summed E-state index contributed by atoms with van der Waals surface area (Å²) in [6.07, 6.45) is 3.14. The number of nitro groups is 1. The van der Waals surface area contributed by atoms with Crippen LogP contribution >= 0.6 is 0 Å². The molecular formula is C25H37N7O2. The van der Waals surface area contributed by atoms with Crippen LogP contribution in [-0.4, -0.2) is 58.2 Å². The van der Waals surface area contributed by atoms with Gasteiger partial charge in [0.2, 0.25) is 11.6 Å². The lowest BCUT2D eigenvalue weighted by molar-refractivity contribution is -0.383. The average molecular weight is 468 g/mol. The van der Waals surface area contributed by atoms with Crippen molar-refractivity contribution < 1.29 is 4.92 Å². The second-order valence-corrected chi connectivity index (χ2v) is 11.0. The van der Waals surface area contributed by atoms with Crippen LogP contribution in [0.1, 0.15) is 51.7 Å². The van der Waals surface area contributed by atoms with E-state index in [-0.39, 0.29) is 27.7 Å². The summed E-state index contributed by atoms with van der Waals surface area (Å²) in [6, 6.07) is 6.43. The summed E-state index contributed by atoms with van der Waals surface area (Å²) in [7, 11) is 0. The van der Waals surface area contributed by atoms with Gasteiger partial charge in [-0.15, -0.1) is 0 Å². The number of anilines is 3. The number of rotatable bonds is 5. The first-order valence-corrected chi connectivity index (χ1v) is 12.1. The highest BCUT2D eigenvalue weighted by Crippen LogP contribution is 2.36. The molecular weight excluding hydrogens is 430 g/mol. The number of nitrogens with zero attached hydrogens (tertiary/aromatic N) is 5. The molecule has 0 unspecified atom stereocenters. The van der Waals surface area contributed by atoms with Crippen molar-refractivity contribution in [3.8, 4) is 0 Å². The molecule has 1 aromatic heterocycles. The minimum absolute atomic E-state index is 0.0307. The molecule has 4 rings (SSSR count). The van der Waals surface area contributed by atoms with Gasteiger partial charge in [0.05, 0.1) is 4.92 Å². The highest BCUT2D eigenvalue weighted by Gasteiger charge is 2.39. The van der Waals surface area contributed by atoms with Crippen molar-refractivity contribution in [3.63, 3.8) is 0 Å². The molecule has 0 radical (unpaired) electrons. The number of piperidine rings is 1. The van der Waals surface area contributed by atoms with Crippen LogP contribution in [0.25, 0.3) is 0 Å². The molecule has 9 nitrogen and oxygen atoms in total. The van der Waals surface area contributed by atoms with Crippen LogP contribution in [0.3, 0.4) is 0 Å². The Morgan fingerprint density at radius 1 is 1.03 bits per heavy atom. The van der Waals surface area contributed by atoms with E-state index in [2.05, 4.69) is 85.2 Å². The van der Waals surface area contributed by atoms with Gasteiger partial charge in [0.25, 0.3) is 0 Å². The minimum atomic E-state index is -0.341. The fraction of sp³-hybridized carbons (Fsp3) is 0.600. The molecule has 0 saturated carbocycles. The van der Waals surface area contributed by atoms with Crippen molar-refractivity contribution in [2.75, 3.05) is 41.3 Å². The van der Waals surface area contributed by atoms with Crippen LogP contribution in [-0.2, 0) is 0 Å². The maximum absolute atomic E-state index is 12.2. The molecule has 0 aliphatic carbocycles. The van der Waals surface area contributed by atoms with Gasteiger partial charge in [0.15, 0.2) is 0 Å². The second kappa shape index (κ2) is 9.02. The molecule has 2 saturated heterocycles. The van der Waals surface area contributed by atoms with Crippen LogP contribution in [0.4, 0.5) is 23.0 Å². The summed E-state index contributed by atoms with van der Waals surface area (Å²) < 4.78 is 0. The summed E-state index contributed by atoms with van der Waals surface area (Å²) in [4.78, 5) is 24.9. The van der Waals surface area contributed by atoms with E-state index in [0.717, 1.165) is 25.9 Å². The molecule has 2 aliphatic rings. The van der Waals surface area contributed by atoms with Gasteiger partial charge >= 0.3 is 5.69 Å². The van der Waals surface area contributed by atoms with E-state index in [4.69, 9.17) is 0 Å². The Morgan fingerprint density at radius 2 is 1.65 bits per heavy atom. The summed E-state index contributed by atoms with van der Waals surface area (Å²) in [5.74, 6) is 0.709. The van der Waals surface area contributed by atoms with Gasteiger partial charge in [-0.1, -0.05) is 12.1 Å².